The van der Waals surface area contributed by atoms with Crippen LogP contribution < -0.4 is 4.90 Å². The van der Waals surface area contributed by atoms with Gasteiger partial charge >= 0.3 is 0 Å². The van der Waals surface area contributed by atoms with Crippen LogP contribution in [0, 0.1) is 5.92 Å². The lowest BCUT2D eigenvalue weighted by atomic mass is 10.0. The van der Waals surface area contributed by atoms with Gasteiger partial charge in [0.2, 0.25) is 10.0 Å². The number of nitrogens with zero attached hydrogens (tertiary/aromatic N) is 7. The molecule has 146 valence electrons. The molecule has 0 unspecified atom stereocenters. The van der Waals surface area contributed by atoms with Gasteiger partial charge in [-0.25, -0.2) is 22.7 Å². The summed E-state index contributed by atoms with van der Waals surface area (Å²) >= 11 is 0. The molecule has 2 aromatic heterocycles. The number of aromatic nitrogens is 5. The molecule has 0 amide bonds. The van der Waals surface area contributed by atoms with E-state index in [4.69, 9.17) is 0 Å². The van der Waals surface area contributed by atoms with Crippen LogP contribution in [0.15, 0.2) is 36.7 Å². The first-order valence-electron chi connectivity index (χ1n) is 9.36. The summed E-state index contributed by atoms with van der Waals surface area (Å²) in [5.41, 5.74) is 2.21. The maximum absolute atomic E-state index is 12.3. The smallest absolute Gasteiger partial charge is 0.216 e. The Morgan fingerprint density at radius 2 is 1.89 bits per heavy atom. The molecule has 1 saturated carbocycles. The van der Waals surface area contributed by atoms with Crippen molar-refractivity contribution in [1.82, 2.24) is 29.3 Å². The van der Waals surface area contributed by atoms with Gasteiger partial charge in [0.1, 0.15) is 6.33 Å². The molecule has 0 bridgehead atoms. The van der Waals surface area contributed by atoms with Crippen LogP contribution in [0.2, 0.25) is 0 Å². The number of hydrogen-bond acceptors (Lipinski definition) is 7. The molecule has 2 aliphatic rings. The third-order valence-corrected chi connectivity index (χ3v) is 7.70. The Kier molecular flexibility index (Phi) is 4.06. The first-order valence-corrected chi connectivity index (χ1v) is 10.9. The Labute approximate surface area is 163 Å². The summed E-state index contributed by atoms with van der Waals surface area (Å²) in [6.45, 7) is 2.03. The molecular formula is C18H21N7O2S. The third kappa shape index (κ3) is 2.92. The molecule has 0 atom stereocenters. The monoisotopic (exact) mass is 399 g/mol. The molecule has 1 aliphatic heterocycles. The number of benzene rings is 1. The van der Waals surface area contributed by atoms with Gasteiger partial charge in [-0.1, -0.05) is 23.4 Å². The number of fused-ring (bicyclic) bond motifs is 1. The second-order valence-electron chi connectivity index (χ2n) is 7.50. The van der Waals surface area contributed by atoms with E-state index in [1.54, 1.807) is 11.7 Å². The van der Waals surface area contributed by atoms with Crippen molar-refractivity contribution in [3.8, 4) is 5.69 Å². The topological polar surface area (TPSA) is 97.1 Å². The second-order valence-corrected chi connectivity index (χ2v) is 9.82. The molecule has 3 heterocycles. The van der Waals surface area contributed by atoms with Crippen LogP contribution in [-0.2, 0) is 10.0 Å². The van der Waals surface area contributed by atoms with Crippen LogP contribution in [0.4, 0.5) is 5.82 Å². The van der Waals surface area contributed by atoms with Crippen molar-refractivity contribution in [2.75, 3.05) is 31.6 Å². The molecular weight excluding hydrogens is 378 g/mol. The largest absolute Gasteiger partial charge is 0.354 e. The van der Waals surface area contributed by atoms with E-state index >= 15 is 0 Å². The molecule has 1 aliphatic carbocycles. The van der Waals surface area contributed by atoms with E-state index in [9.17, 15) is 8.42 Å². The van der Waals surface area contributed by atoms with Crippen molar-refractivity contribution >= 4 is 27.0 Å². The molecule has 9 nitrogen and oxygen atoms in total. The van der Waals surface area contributed by atoms with Crippen LogP contribution in [0.5, 0.6) is 0 Å². The predicted octanol–water partition coefficient (Wildman–Crippen LogP) is 1.07. The van der Waals surface area contributed by atoms with Gasteiger partial charge in [-0.2, -0.15) is 4.68 Å². The summed E-state index contributed by atoms with van der Waals surface area (Å²) in [4.78, 5) is 10.9. The Morgan fingerprint density at radius 3 is 2.61 bits per heavy atom. The number of anilines is 1. The van der Waals surface area contributed by atoms with E-state index in [0.717, 1.165) is 37.4 Å². The summed E-state index contributed by atoms with van der Waals surface area (Å²) < 4.78 is 27.8. The zero-order chi connectivity index (χ0) is 19.3. The van der Waals surface area contributed by atoms with Crippen LogP contribution in [-0.4, -0.2) is 69.6 Å². The van der Waals surface area contributed by atoms with Crippen molar-refractivity contribution in [1.29, 1.82) is 0 Å². The normalized spacial score (nSPS) is 18.0. The standard InChI is InChI=1S/C18H21N7O2S/c1-23(28(26,27)15-7-8-15)9-13-10-24(11-13)17-16-18(20-12-19-17)25(22-21-16)14-5-3-2-4-6-14/h2-6,12-13,15H,7-11H2,1H3. The summed E-state index contributed by atoms with van der Waals surface area (Å²) in [7, 11) is -1.43. The minimum absolute atomic E-state index is 0.164. The van der Waals surface area contributed by atoms with Crippen LogP contribution in [0.1, 0.15) is 12.8 Å². The molecule has 1 saturated heterocycles. The first-order chi connectivity index (χ1) is 13.5. The van der Waals surface area contributed by atoms with Crippen molar-refractivity contribution in [3.05, 3.63) is 36.7 Å². The average molecular weight is 399 g/mol. The van der Waals surface area contributed by atoms with E-state index in [0.29, 0.717) is 17.7 Å². The Hall–Kier alpha value is -2.59. The van der Waals surface area contributed by atoms with Gasteiger partial charge in [0.25, 0.3) is 0 Å². The first kappa shape index (κ1) is 17.5. The highest BCUT2D eigenvalue weighted by Crippen LogP contribution is 2.32. The van der Waals surface area contributed by atoms with E-state index < -0.39 is 10.0 Å². The van der Waals surface area contributed by atoms with Gasteiger partial charge in [0.05, 0.1) is 10.9 Å². The maximum Gasteiger partial charge on any atom is 0.216 e. The van der Waals surface area contributed by atoms with Gasteiger partial charge < -0.3 is 4.90 Å². The van der Waals surface area contributed by atoms with Crippen molar-refractivity contribution < 1.29 is 8.42 Å². The van der Waals surface area contributed by atoms with E-state index in [2.05, 4.69) is 25.2 Å². The molecule has 10 heteroatoms. The quantitative estimate of drug-likeness (QED) is 0.612. The minimum Gasteiger partial charge on any atom is -0.354 e. The maximum atomic E-state index is 12.3. The Morgan fingerprint density at radius 1 is 1.14 bits per heavy atom. The number of hydrogen-bond donors (Lipinski definition) is 0. The number of para-hydroxylation sites is 1. The fourth-order valence-corrected chi connectivity index (χ4v) is 5.32. The second kappa shape index (κ2) is 6.49. The summed E-state index contributed by atoms with van der Waals surface area (Å²) in [5, 5.41) is 8.37. The average Bonchev–Trinajstić information content (AvgIpc) is 3.45. The Bertz CT molecular complexity index is 1110. The third-order valence-electron chi connectivity index (χ3n) is 5.37. The zero-order valence-electron chi connectivity index (χ0n) is 15.5. The molecule has 0 spiro atoms. The Balaban J connectivity index is 1.32. The van der Waals surface area contributed by atoms with Gasteiger partial charge in [-0.3, -0.25) is 0 Å². The van der Waals surface area contributed by atoms with E-state index in [-0.39, 0.29) is 11.2 Å². The van der Waals surface area contributed by atoms with Crippen molar-refractivity contribution in [2.45, 2.75) is 18.1 Å². The summed E-state index contributed by atoms with van der Waals surface area (Å²) in [6.07, 6.45) is 3.11. The van der Waals surface area contributed by atoms with Gasteiger partial charge in [-0.15, -0.1) is 5.10 Å². The van der Waals surface area contributed by atoms with Gasteiger partial charge in [-0.05, 0) is 25.0 Å². The van der Waals surface area contributed by atoms with Crippen LogP contribution in [0.3, 0.4) is 0 Å². The minimum atomic E-state index is -3.12. The van der Waals surface area contributed by atoms with Crippen LogP contribution in [0.25, 0.3) is 16.9 Å². The number of sulfonamides is 1. The highest BCUT2D eigenvalue weighted by atomic mass is 32.2. The molecule has 0 radical (unpaired) electrons. The van der Waals surface area contributed by atoms with Crippen LogP contribution >= 0.6 is 0 Å². The lowest BCUT2D eigenvalue weighted by Crippen LogP contribution is -2.52. The SMILES string of the molecule is CN(CC1CN(c2ncnc3c2nnn3-c2ccccc2)C1)S(=O)(=O)C1CC1. The predicted molar refractivity (Wildman–Crippen MR) is 105 cm³/mol. The number of rotatable bonds is 6. The van der Waals surface area contributed by atoms with Gasteiger partial charge in [0.15, 0.2) is 17.0 Å². The fraction of sp³-hybridized carbons (Fsp3) is 0.444. The van der Waals surface area contributed by atoms with E-state index in [1.807, 2.05) is 30.3 Å². The lowest BCUT2D eigenvalue weighted by Gasteiger charge is -2.41. The van der Waals surface area contributed by atoms with E-state index in [1.165, 1.54) is 10.6 Å². The summed E-state index contributed by atoms with van der Waals surface area (Å²) in [6, 6.07) is 9.73. The molecule has 28 heavy (non-hydrogen) atoms. The van der Waals surface area contributed by atoms with Gasteiger partial charge in [0, 0.05) is 32.6 Å². The van der Waals surface area contributed by atoms with Crippen molar-refractivity contribution in [3.63, 3.8) is 0 Å². The molecule has 1 aromatic carbocycles. The highest BCUT2D eigenvalue weighted by molar-refractivity contribution is 7.90. The van der Waals surface area contributed by atoms with Crippen molar-refractivity contribution in [2.24, 2.45) is 5.92 Å². The lowest BCUT2D eigenvalue weighted by molar-refractivity contribution is 0.326. The highest BCUT2D eigenvalue weighted by Gasteiger charge is 2.40. The molecule has 0 N–H and O–H groups in total. The molecule has 2 fully saturated rings. The molecule has 3 aromatic rings. The zero-order valence-corrected chi connectivity index (χ0v) is 16.3. The fourth-order valence-electron chi connectivity index (χ4n) is 3.66. The molecule has 5 rings (SSSR count). The summed E-state index contributed by atoms with van der Waals surface area (Å²) in [5.74, 6) is 1.03.